The zero-order valence-electron chi connectivity index (χ0n) is 22.9. The van der Waals surface area contributed by atoms with Gasteiger partial charge in [0, 0.05) is 28.3 Å². The molecule has 41 heavy (non-hydrogen) atoms. The molecule has 1 fully saturated rings. The quantitative estimate of drug-likeness (QED) is 0.198. The van der Waals surface area contributed by atoms with Gasteiger partial charge in [0.15, 0.2) is 5.11 Å². The van der Waals surface area contributed by atoms with Gasteiger partial charge in [-0.05, 0) is 111 Å². The lowest BCUT2D eigenvalue weighted by Crippen LogP contribution is -2.29. The van der Waals surface area contributed by atoms with Crippen LogP contribution in [-0.2, 0) is 0 Å². The molecule has 0 aliphatic carbocycles. The number of nitrogens with one attached hydrogen (secondary N) is 1. The molecule has 6 nitrogen and oxygen atoms in total. The van der Waals surface area contributed by atoms with Crippen LogP contribution < -0.4 is 15.0 Å². The first-order valence-corrected chi connectivity index (χ1v) is 14.1. The van der Waals surface area contributed by atoms with Gasteiger partial charge >= 0.3 is 0 Å². The monoisotopic (exact) mass is 580 g/mol. The van der Waals surface area contributed by atoms with E-state index in [0.29, 0.717) is 15.8 Å². The number of nitrogens with zero attached hydrogens (tertiary/aromatic N) is 3. The van der Waals surface area contributed by atoms with Crippen LogP contribution in [0.2, 0.25) is 5.02 Å². The predicted octanol–water partition coefficient (Wildman–Crippen LogP) is 8.13. The Morgan fingerprint density at radius 3 is 2.29 bits per heavy atom. The van der Waals surface area contributed by atoms with Crippen LogP contribution in [0.1, 0.15) is 40.3 Å². The number of anilines is 1. The number of phenols is 1. The first-order chi connectivity index (χ1) is 19.8. The average molecular weight is 581 g/mol. The van der Waals surface area contributed by atoms with Gasteiger partial charge in [-0.3, -0.25) is 4.98 Å². The van der Waals surface area contributed by atoms with E-state index in [1.807, 2.05) is 78.2 Å². The first-order valence-electron chi connectivity index (χ1n) is 13.3. The molecule has 5 aromatic rings. The van der Waals surface area contributed by atoms with Crippen LogP contribution in [0.3, 0.4) is 0 Å². The van der Waals surface area contributed by atoms with Crippen molar-refractivity contribution in [1.82, 2.24) is 14.9 Å². The van der Waals surface area contributed by atoms with E-state index in [4.69, 9.17) is 28.6 Å². The molecular weight excluding hydrogens is 552 g/mol. The third kappa shape index (κ3) is 5.14. The van der Waals surface area contributed by atoms with Gasteiger partial charge in [0.25, 0.3) is 0 Å². The summed E-state index contributed by atoms with van der Waals surface area (Å²) in [6, 6.07) is 28.6. The largest absolute Gasteiger partial charge is 0.506 e. The second-order valence-electron chi connectivity index (χ2n) is 10.2. The van der Waals surface area contributed by atoms with Crippen molar-refractivity contribution in [3.05, 3.63) is 130 Å². The van der Waals surface area contributed by atoms with Crippen molar-refractivity contribution < 1.29 is 9.84 Å². The summed E-state index contributed by atoms with van der Waals surface area (Å²) in [5, 5.41) is 15.4. The van der Waals surface area contributed by atoms with E-state index in [-0.39, 0.29) is 17.8 Å². The van der Waals surface area contributed by atoms with Gasteiger partial charge in [0.1, 0.15) is 17.2 Å². The van der Waals surface area contributed by atoms with E-state index in [1.165, 1.54) is 5.56 Å². The minimum Gasteiger partial charge on any atom is -0.506 e. The SMILES string of the molecule is Cc1ccc(Oc2ccc(N3C(=S)N[C@H](c4ccccn4)[C@@H]3c3cc(C)n(-c4cc(Cl)ccc4O)c3C)cc2)cc1. The maximum absolute atomic E-state index is 10.7. The van der Waals surface area contributed by atoms with Crippen molar-refractivity contribution in [1.29, 1.82) is 0 Å². The Labute approximate surface area is 249 Å². The number of halogens is 1. The highest BCUT2D eigenvalue weighted by atomic mass is 35.5. The van der Waals surface area contributed by atoms with Crippen LogP contribution in [0.25, 0.3) is 5.69 Å². The lowest BCUT2D eigenvalue weighted by Gasteiger charge is -2.28. The molecule has 3 aromatic carbocycles. The lowest BCUT2D eigenvalue weighted by atomic mass is 9.96. The summed E-state index contributed by atoms with van der Waals surface area (Å²) < 4.78 is 8.10. The molecule has 2 atom stereocenters. The van der Waals surface area contributed by atoms with Gasteiger partial charge in [-0.1, -0.05) is 35.4 Å². The number of aryl methyl sites for hydroxylation is 2. The van der Waals surface area contributed by atoms with Gasteiger partial charge in [-0.15, -0.1) is 0 Å². The molecule has 3 heterocycles. The molecule has 206 valence electrons. The van der Waals surface area contributed by atoms with E-state index >= 15 is 0 Å². The maximum Gasteiger partial charge on any atom is 0.174 e. The third-order valence-corrected chi connectivity index (χ3v) is 7.99. The highest BCUT2D eigenvalue weighted by Gasteiger charge is 2.42. The number of hydrogen-bond acceptors (Lipinski definition) is 4. The summed E-state index contributed by atoms with van der Waals surface area (Å²) in [6.45, 7) is 6.13. The standard InChI is InChI=1S/C33H29ClN4O2S/c1-20-7-12-25(13-8-20)40-26-14-10-24(11-15-26)38-32(31(36-33(38)41)28-6-4-5-17-35-28)27-18-21(2)37(22(27)3)29-19-23(34)9-16-30(29)39/h4-19,31-32,39H,1-3H3,(H,36,41)/t31-,32+/m1/s1. The molecular formula is C33H29ClN4O2S. The number of benzene rings is 3. The minimum atomic E-state index is -0.206. The van der Waals surface area contributed by atoms with Gasteiger partial charge in [-0.25, -0.2) is 0 Å². The Kier molecular flexibility index (Phi) is 7.15. The molecule has 0 spiro atoms. The normalized spacial score (nSPS) is 16.6. The van der Waals surface area contributed by atoms with Crippen molar-refractivity contribution in [2.75, 3.05) is 4.90 Å². The van der Waals surface area contributed by atoms with Crippen LogP contribution in [0.5, 0.6) is 17.2 Å². The van der Waals surface area contributed by atoms with Crippen LogP contribution in [0, 0.1) is 20.8 Å². The molecule has 2 N–H and O–H groups in total. The highest BCUT2D eigenvalue weighted by Crippen LogP contribution is 2.44. The first kappa shape index (κ1) is 26.9. The van der Waals surface area contributed by atoms with Crippen molar-refractivity contribution in [2.24, 2.45) is 0 Å². The van der Waals surface area contributed by atoms with Crippen molar-refractivity contribution >= 4 is 34.6 Å². The number of phenolic OH excluding ortho intramolecular Hbond substituents is 1. The molecule has 2 aromatic heterocycles. The Morgan fingerprint density at radius 1 is 0.902 bits per heavy atom. The van der Waals surface area contributed by atoms with Crippen LogP contribution in [0.15, 0.2) is 97.2 Å². The molecule has 6 rings (SSSR count). The number of aromatic hydroxyl groups is 1. The fourth-order valence-corrected chi connectivity index (χ4v) is 6.01. The second-order valence-corrected chi connectivity index (χ2v) is 11.0. The minimum absolute atomic E-state index is 0.158. The van der Waals surface area contributed by atoms with Crippen molar-refractivity contribution in [3.8, 4) is 22.9 Å². The van der Waals surface area contributed by atoms with E-state index < -0.39 is 0 Å². The van der Waals surface area contributed by atoms with Crippen molar-refractivity contribution in [2.45, 2.75) is 32.9 Å². The molecule has 1 saturated heterocycles. The number of aromatic nitrogens is 2. The van der Waals surface area contributed by atoms with Crippen LogP contribution >= 0.6 is 23.8 Å². The molecule has 0 radical (unpaired) electrons. The summed E-state index contributed by atoms with van der Waals surface area (Å²) in [4.78, 5) is 6.81. The number of ether oxygens (including phenoxy) is 1. The zero-order chi connectivity index (χ0) is 28.7. The van der Waals surface area contributed by atoms with E-state index in [9.17, 15) is 5.11 Å². The summed E-state index contributed by atoms with van der Waals surface area (Å²) >= 11 is 12.3. The molecule has 1 aliphatic heterocycles. The average Bonchev–Trinajstić information content (AvgIpc) is 3.47. The lowest BCUT2D eigenvalue weighted by molar-refractivity contribution is 0.471. The second kappa shape index (κ2) is 10.9. The van der Waals surface area contributed by atoms with Gasteiger partial charge in [0.2, 0.25) is 0 Å². The van der Waals surface area contributed by atoms with Gasteiger partial charge < -0.3 is 24.6 Å². The molecule has 0 bridgehead atoms. The topological polar surface area (TPSA) is 62.5 Å². The van der Waals surface area contributed by atoms with Gasteiger partial charge in [-0.2, -0.15) is 0 Å². The van der Waals surface area contributed by atoms with E-state index in [2.05, 4.69) is 35.1 Å². The maximum atomic E-state index is 10.7. The molecule has 8 heteroatoms. The summed E-state index contributed by atoms with van der Waals surface area (Å²) in [6.07, 6.45) is 1.80. The molecule has 0 unspecified atom stereocenters. The van der Waals surface area contributed by atoms with Crippen LogP contribution in [0.4, 0.5) is 5.69 Å². The van der Waals surface area contributed by atoms with Crippen LogP contribution in [-0.4, -0.2) is 19.8 Å². The molecule has 1 aliphatic rings. The highest BCUT2D eigenvalue weighted by molar-refractivity contribution is 7.80. The molecule has 0 amide bonds. The van der Waals surface area contributed by atoms with Gasteiger partial charge in [0.05, 0.1) is 23.5 Å². The Bertz CT molecular complexity index is 1720. The van der Waals surface area contributed by atoms with E-state index in [1.54, 1.807) is 24.4 Å². The zero-order valence-corrected chi connectivity index (χ0v) is 24.4. The third-order valence-electron chi connectivity index (χ3n) is 7.44. The van der Waals surface area contributed by atoms with Crippen molar-refractivity contribution in [3.63, 3.8) is 0 Å². The number of hydrogen-bond donors (Lipinski definition) is 2. The summed E-state index contributed by atoms with van der Waals surface area (Å²) in [5.41, 5.74) is 6.63. The fraction of sp³-hybridized carbons (Fsp3) is 0.152. The molecule has 0 saturated carbocycles. The Balaban J connectivity index is 1.42. The summed E-state index contributed by atoms with van der Waals surface area (Å²) in [7, 11) is 0. The Hall–Kier alpha value is -4.33. The number of thiocarbonyl (C=S) groups is 1. The fourth-order valence-electron chi connectivity index (χ4n) is 5.50. The Morgan fingerprint density at radius 2 is 1.61 bits per heavy atom. The smallest absolute Gasteiger partial charge is 0.174 e. The summed E-state index contributed by atoms with van der Waals surface area (Å²) in [5.74, 6) is 1.68. The number of pyridine rings is 1. The number of rotatable bonds is 6. The predicted molar refractivity (Wildman–Crippen MR) is 168 cm³/mol. The van der Waals surface area contributed by atoms with E-state index in [0.717, 1.165) is 39.8 Å².